The molecule has 18 nitrogen and oxygen atoms in total. The summed E-state index contributed by atoms with van der Waals surface area (Å²) in [6.45, 7) is 13.0. The van der Waals surface area contributed by atoms with Gasteiger partial charge >= 0.3 is 17.7 Å². The summed E-state index contributed by atoms with van der Waals surface area (Å²) >= 11 is -0.750. The first-order valence-corrected chi connectivity index (χ1v) is 24.5. The maximum absolute atomic E-state index is 12.7. The first kappa shape index (κ1) is 49.0. The minimum atomic E-state index is -0.750. The van der Waals surface area contributed by atoms with Crippen LogP contribution in [0.15, 0.2) is 125 Å². The third-order valence-corrected chi connectivity index (χ3v) is 12.4. The van der Waals surface area contributed by atoms with Gasteiger partial charge in [0.15, 0.2) is 0 Å². The Balaban J connectivity index is 0.000000179. The first-order chi connectivity index (χ1) is 34.9. The van der Waals surface area contributed by atoms with Gasteiger partial charge in [0.05, 0.1) is 29.3 Å². The number of aromatic nitrogens is 8. The number of likely N-dealkylation sites (tertiary alicyclic amines) is 1. The van der Waals surface area contributed by atoms with E-state index in [0.29, 0.717) is 42.8 Å². The Bertz CT molecular complexity index is 3300. The molecule has 19 heteroatoms. The van der Waals surface area contributed by atoms with Crippen LogP contribution < -0.4 is 16.0 Å². The van der Waals surface area contributed by atoms with Gasteiger partial charge in [0.2, 0.25) is 23.7 Å². The molecule has 2 atom stereocenters. The van der Waals surface area contributed by atoms with Crippen LogP contribution in [0.25, 0.3) is 72.9 Å². The van der Waals surface area contributed by atoms with E-state index in [4.69, 9.17) is 32.0 Å². The summed E-state index contributed by atoms with van der Waals surface area (Å²) in [6.07, 6.45) is 18.2. The van der Waals surface area contributed by atoms with Gasteiger partial charge in [-0.3, -0.25) is 0 Å². The lowest BCUT2D eigenvalue weighted by Crippen LogP contribution is -2.47. The highest BCUT2D eigenvalue weighted by atomic mass is 32.1. The van der Waals surface area contributed by atoms with Crippen molar-refractivity contribution >= 4 is 51.4 Å². The summed E-state index contributed by atoms with van der Waals surface area (Å²) in [7, 11) is 0. The van der Waals surface area contributed by atoms with E-state index in [-0.39, 0.29) is 12.1 Å². The fourth-order valence-corrected chi connectivity index (χ4v) is 9.03. The Labute approximate surface area is 419 Å². The Hall–Kier alpha value is -8.03. The standard InChI is InChI=1S/C32H34N6O3.C21H22N6O.O2S/c1-21-18-34-30(35-23-9-8-15-37(19-23)31(39)41-32(2,3)4)36-28(21)26-20-38(24-10-6-5-7-11-24)27-17-22(12-13-25(26)27)29-33-14-16-40-29;1-13-10-25-21(26-15-3-2-6-22-11-15)27-19(13)17-12-24-18-9-14(4-5-16(17)18)20-23-7-8-28-20;1-3-2/h5-7,10-14,16-18,20,23H,8-9,15,19H2,1-4H3,(H,34,35,36);4-5,7-10,12,15,22,24H,2-3,6,11H2,1H3,(H,25,26,27);/t23-;15-;/m00./s1. The number of anilines is 2. The molecule has 11 rings (SSSR count). The van der Waals surface area contributed by atoms with E-state index in [9.17, 15) is 4.79 Å². The van der Waals surface area contributed by atoms with E-state index in [1.165, 1.54) is 6.42 Å². The number of aromatic amines is 1. The number of para-hydroxylation sites is 1. The molecule has 9 aromatic rings. The van der Waals surface area contributed by atoms with E-state index >= 15 is 0 Å². The quantitative estimate of drug-likeness (QED) is 0.106. The van der Waals surface area contributed by atoms with Crippen molar-refractivity contribution < 1.29 is 26.8 Å². The number of carbonyl (C=O) groups is 1. The number of carbonyl (C=O) groups excluding carboxylic acids is 1. The molecule has 2 saturated heterocycles. The molecule has 4 N–H and O–H groups in total. The molecular formula is C53H56N12O6S. The SMILES string of the molecule is Cc1cnc(N[C@H]2CCCN(C(=O)OC(C)(C)C)C2)nc1-c1cn(-c2ccccc2)c2cc(-c3ncco3)ccc12.Cc1cnc(N[C@H]2CCCNC2)nc1-c1c[nH]c2cc(-c3ncco3)ccc12.O=S=O. The number of ether oxygens (including phenoxy) is 1. The van der Waals surface area contributed by atoms with Gasteiger partial charge in [-0.25, -0.2) is 34.7 Å². The maximum atomic E-state index is 12.7. The molecule has 2 fully saturated rings. The first-order valence-electron chi connectivity index (χ1n) is 23.9. The van der Waals surface area contributed by atoms with E-state index in [0.717, 1.165) is 105 Å². The normalized spacial score (nSPS) is 15.8. The molecule has 2 aliphatic rings. The van der Waals surface area contributed by atoms with Gasteiger partial charge in [-0.05, 0) is 114 Å². The summed E-state index contributed by atoms with van der Waals surface area (Å²) < 4.78 is 35.3. The topological polar surface area (TPSA) is 224 Å². The molecule has 0 aliphatic carbocycles. The number of nitrogens with zero attached hydrogens (tertiary/aromatic N) is 8. The number of amides is 1. The van der Waals surface area contributed by atoms with Gasteiger partial charge < -0.3 is 44.0 Å². The molecule has 0 bridgehead atoms. The van der Waals surface area contributed by atoms with Crippen LogP contribution >= 0.6 is 0 Å². The fourth-order valence-electron chi connectivity index (χ4n) is 9.03. The average Bonchev–Trinajstić information content (AvgIpc) is 4.24. The van der Waals surface area contributed by atoms with E-state index < -0.39 is 17.2 Å². The highest BCUT2D eigenvalue weighted by Gasteiger charge is 2.28. The molecule has 0 saturated carbocycles. The number of H-pyrrole nitrogens is 1. The van der Waals surface area contributed by atoms with Crippen molar-refractivity contribution in [3.63, 3.8) is 0 Å². The second kappa shape index (κ2) is 21.9. The zero-order valence-electron chi connectivity index (χ0n) is 40.7. The van der Waals surface area contributed by atoms with Crippen LogP contribution in [-0.2, 0) is 16.3 Å². The number of piperidine rings is 2. The lowest BCUT2D eigenvalue weighted by molar-refractivity contribution is 0.0206. The van der Waals surface area contributed by atoms with Crippen LogP contribution in [0.3, 0.4) is 0 Å². The second-order valence-electron chi connectivity index (χ2n) is 18.7. The number of hydrogen-bond donors (Lipinski definition) is 4. The Morgan fingerprint density at radius 3 is 2.03 bits per heavy atom. The minimum Gasteiger partial charge on any atom is -0.445 e. The molecule has 0 spiro atoms. The number of aryl methyl sites for hydroxylation is 2. The predicted molar refractivity (Wildman–Crippen MR) is 277 cm³/mol. The molecule has 8 heterocycles. The number of fused-ring (bicyclic) bond motifs is 2. The van der Waals surface area contributed by atoms with Gasteiger partial charge in [0.1, 0.15) is 18.1 Å². The van der Waals surface area contributed by atoms with Crippen molar-refractivity contribution in [1.29, 1.82) is 0 Å². The van der Waals surface area contributed by atoms with Crippen molar-refractivity contribution in [2.45, 2.75) is 78.0 Å². The average molecular weight is 989 g/mol. The van der Waals surface area contributed by atoms with Crippen LogP contribution in [0.2, 0.25) is 0 Å². The van der Waals surface area contributed by atoms with Crippen molar-refractivity contribution in [3.05, 3.63) is 128 Å². The summed E-state index contributed by atoms with van der Waals surface area (Å²) in [5.41, 5.74) is 10.3. The van der Waals surface area contributed by atoms with Crippen LogP contribution in [0.1, 0.15) is 57.6 Å². The van der Waals surface area contributed by atoms with Gasteiger partial charge in [-0.1, -0.05) is 30.3 Å². The zero-order valence-corrected chi connectivity index (χ0v) is 41.5. The Morgan fingerprint density at radius 2 is 1.40 bits per heavy atom. The van der Waals surface area contributed by atoms with Crippen molar-refractivity contribution in [3.8, 4) is 51.1 Å². The van der Waals surface area contributed by atoms with Crippen LogP contribution in [-0.4, -0.2) is 103 Å². The van der Waals surface area contributed by atoms with Gasteiger partial charge in [0.25, 0.3) is 0 Å². The largest absolute Gasteiger partial charge is 0.445 e. The Kier molecular flexibility index (Phi) is 14.9. The lowest BCUT2D eigenvalue weighted by Gasteiger charge is -2.34. The third-order valence-electron chi connectivity index (χ3n) is 12.4. The molecule has 3 aromatic carbocycles. The predicted octanol–water partition coefficient (Wildman–Crippen LogP) is 9.94. The zero-order chi connectivity index (χ0) is 50.2. The van der Waals surface area contributed by atoms with Crippen molar-refractivity contribution in [2.24, 2.45) is 0 Å². The van der Waals surface area contributed by atoms with Gasteiger partial charge in [-0.15, -0.1) is 0 Å². The van der Waals surface area contributed by atoms with Crippen LogP contribution in [0.5, 0.6) is 0 Å². The number of nitrogens with one attached hydrogen (secondary N) is 4. The third kappa shape index (κ3) is 11.4. The second-order valence-corrected chi connectivity index (χ2v) is 18.9. The molecular weight excluding hydrogens is 933 g/mol. The van der Waals surface area contributed by atoms with Gasteiger partial charge in [0, 0.05) is 101 Å². The number of rotatable bonds is 9. The highest BCUT2D eigenvalue weighted by Crippen LogP contribution is 2.37. The van der Waals surface area contributed by atoms with Crippen molar-refractivity contribution in [2.75, 3.05) is 36.8 Å². The molecule has 370 valence electrons. The van der Waals surface area contributed by atoms with Crippen molar-refractivity contribution in [1.82, 2.24) is 49.7 Å². The van der Waals surface area contributed by atoms with E-state index in [2.05, 4.69) is 82.0 Å². The summed E-state index contributed by atoms with van der Waals surface area (Å²) in [5.74, 6) is 2.41. The van der Waals surface area contributed by atoms with Gasteiger partial charge in [-0.2, -0.15) is 8.42 Å². The van der Waals surface area contributed by atoms with E-state index in [1.807, 2.05) is 89.6 Å². The number of benzene rings is 3. The monoisotopic (exact) mass is 988 g/mol. The summed E-state index contributed by atoms with van der Waals surface area (Å²) in [6, 6.07) is 23.0. The molecule has 1 amide bonds. The van der Waals surface area contributed by atoms with Crippen LogP contribution in [0.4, 0.5) is 16.7 Å². The molecule has 6 aromatic heterocycles. The molecule has 72 heavy (non-hydrogen) atoms. The number of oxazole rings is 2. The van der Waals surface area contributed by atoms with Crippen LogP contribution in [0, 0.1) is 13.8 Å². The van der Waals surface area contributed by atoms with E-state index in [1.54, 1.807) is 29.8 Å². The lowest BCUT2D eigenvalue weighted by atomic mass is 10.0. The number of hydrogen-bond acceptors (Lipinski definition) is 15. The molecule has 0 unspecified atom stereocenters. The molecule has 2 aliphatic heterocycles. The molecule has 0 radical (unpaired) electrons. The maximum Gasteiger partial charge on any atom is 0.410 e. The fraction of sp³-hybridized carbons (Fsp3) is 0.302. The summed E-state index contributed by atoms with van der Waals surface area (Å²) in [4.78, 5) is 45.3. The smallest absolute Gasteiger partial charge is 0.410 e. The Morgan fingerprint density at radius 1 is 0.778 bits per heavy atom. The minimum absolute atomic E-state index is 0.0286. The summed E-state index contributed by atoms with van der Waals surface area (Å²) in [5, 5.41) is 12.5. The highest BCUT2D eigenvalue weighted by molar-refractivity contribution is 7.51.